The van der Waals surface area contributed by atoms with Crippen LogP contribution in [0.25, 0.3) is 0 Å². The van der Waals surface area contributed by atoms with Crippen LogP contribution >= 0.6 is 0 Å². The smallest absolute Gasteiger partial charge is 0.226 e. The van der Waals surface area contributed by atoms with E-state index in [4.69, 9.17) is 4.74 Å². The molecule has 0 spiro atoms. The van der Waals surface area contributed by atoms with E-state index in [1.807, 2.05) is 38.1 Å². The average molecular weight is 275 g/mol. The normalized spacial score (nSPS) is 18.6. The summed E-state index contributed by atoms with van der Waals surface area (Å²) in [4.78, 5) is 12.4. The molecule has 1 aromatic carbocycles. The molecule has 3 heteroatoms. The lowest BCUT2D eigenvalue weighted by atomic mass is 9.87. The third kappa shape index (κ3) is 3.33. The van der Waals surface area contributed by atoms with Crippen molar-refractivity contribution in [3.05, 3.63) is 29.8 Å². The van der Waals surface area contributed by atoms with Crippen LogP contribution in [0.2, 0.25) is 0 Å². The van der Waals surface area contributed by atoms with Gasteiger partial charge in [0.25, 0.3) is 0 Å². The van der Waals surface area contributed by atoms with E-state index in [-0.39, 0.29) is 17.4 Å². The van der Waals surface area contributed by atoms with Crippen LogP contribution in [0.4, 0.5) is 0 Å². The molecule has 1 aromatic rings. The van der Waals surface area contributed by atoms with Crippen molar-refractivity contribution in [1.82, 2.24) is 5.32 Å². The second kappa shape index (κ2) is 6.29. The quantitative estimate of drug-likeness (QED) is 0.886. The fourth-order valence-corrected chi connectivity index (χ4v) is 2.86. The van der Waals surface area contributed by atoms with Crippen molar-refractivity contribution < 1.29 is 9.53 Å². The van der Waals surface area contributed by atoms with Crippen molar-refractivity contribution in [1.29, 1.82) is 0 Å². The molecule has 0 saturated heterocycles. The summed E-state index contributed by atoms with van der Waals surface area (Å²) in [6.07, 6.45) is 4.35. The predicted molar refractivity (Wildman–Crippen MR) is 80.7 cm³/mol. The zero-order valence-electron chi connectivity index (χ0n) is 12.7. The van der Waals surface area contributed by atoms with Gasteiger partial charge in [-0.3, -0.25) is 4.79 Å². The van der Waals surface area contributed by atoms with Crippen LogP contribution in [0.15, 0.2) is 24.3 Å². The maximum atomic E-state index is 12.4. The van der Waals surface area contributed by atoms with Gasteiger partial charge in [-0.25, -0.2) is 0 Å². The van der Waals surface area contributed by atoms with Gasteiger partial charge in [0.2, 0.25) is 5.91 Å². The number of benzene rings is 1. The summed E-state index contributed by atoms with van der Waals surface area (Å²) in [5, 5.41) is 3.15. The summed E-state index contributed by atoms with van der Waals surface area (Å²) in [6, 6.07) is 7.99. The Morgan fingerprint density at radius 1 is 1.30 bits per heavy atom. The van der Waals surface area contributed by atoms with Crippen molar-refractivity contribution in [3.63, 3.8) is 0 Å². The summed E-state index contributed by atoms with van der Waals surface area (Å²) in [7, 11) is 0. The van der Waals surface area contributed by atoms with Gasteiger partial charge in [-0.15, -0.1) is 0 Å². The van der Waals surface area contributed by atoms with E-state index in [1.54, 1.807) is 0 Å². The molecule has 0 aromatic heterocycles. The monoisotopic (exact) mass is 275 g/mol. The number of nitrogens with one attached hydrogen (secondary N) is 1. The summed E-state index contributed by atoms with van der Waals surface area (Å²) < 4.78 is 5.43. The predicted octanol–water partition coefficient (Wildman–Crippen LogP) is 3.84. The number of hydrogen-bond donors (Lipinski definition) is 1. The van der Waals surface area contributed by atoms with Gasteiger partial charge in [0, 0.05) is 5.41 Å². The number of carbonyl (C=O) groups excluding carboxylic acids is 1. The first-order chi connectivity index (χ1) is 9.55. The highest BCUT2D eigenvalue weighted by Gasteiger charge is 2.36. The van der Waals surface area contributed by atoms with Gasteiger partial charge in [-0.05, 0) is 44.4 Å². The topological polar surface area (TPSA) is 38.3 Å². The van der Waals surface area contributed by atoms with Gasteiger partial charge in [0.05, 0.1) is 12.6 Å². The molecule has 1 unspecified atom stereocenters. The zero-order valence-corrected chi connectivity index (χ0v) is 12.7. The van der Waals surface area contributed by atoms with E-state index < -0.39 is 0 Å². The Kier molecular flexibility index (Phi) is 4.69. The number of rotatable bonds is 5. The molecule has 3 nitrogen and oxygen atoms in total. The molecule has 1 atom stereocenters. The van der Waals surface area contributed by atoms with E-state index in [0.717, 1.165) is 24.2 Å². The highest BCUT2D eigenvalue weighted by molar-refractivity contribution is 5.82. The Bertz CT molecular complexity index is 447. The minimum atomic E-state index is -0.167. The van der Waals surface area contributed by atoms with E-state index >= 15 is 0 Å². The van der Waals surface area contributed by atoms with E-state index in [2.05, 4.69) is 12.2 Å². The Hall–Kier alpha value is -1.51. The maximum Gasteiger partial charge on any atom is 0.226 e. The van der Waals surface area contributed by atoms with Gasteiger partial charge < -0.3 is 10.1 Å². The van der Waals surface area contributed by atoms with Crippen molar-refractivity contribution in [2.75, 3.05) is 6.61 Å². The standard InChI is InChI=1S/C17H25NO2/c1-4-20-15-9-7-14(8-10-15)13(2)18-16(19)17(3)11-5-6-12-17/h7-10,13H,4-6,11-12H2,1-3H3,(H,18,19). The third-order valence-corrected chi connectivity index (χ3v) is 4.29. The highest BCUT2D eigenvalue weighted by atomic mass is 16.5. The molecule has 1 N–H and O–H groups in total. The molecule has 1 amide bonds. The minimum absolute atomic E-state index is 0.0376. The molecule has 1 aliphatic carbocycles. The fourth-order valence-electron chi connectivity index (χ4n) is 2.86. The summed E-state index contributed by atoms with van der Waals surface area (Å²) in [6.45, 7) is 6.76. The highest BCUT2D eigenvalue weighted by Crippen LogP contribution is 2.38. The van der Waals surface area contributed by atoms with Crippen LogP contribution in [0, 0.1) is 5.41 Å². The van der Waals surface area contributed by atoms with Crippen LogP contribution in [-0.2, 0) is 4.79 Å². The molecule has 1 fully saturated rings. The number of ether oxygens (including phenoxy) is 1. The van der Waals surface area contributed by atoms with Crippen LogP contribution in [0.5, 0.6) is 5.75 Å². The Morgan fingerprint density at radius 2 is 1.90 bits per heavy atom. The van der Waals surface area contributed by atoms with Gasteiger partial charge in [-0.1, -0.05) is 31.9 Å². The van der Waals surface area contributed by atoms with Gasteiger partial charge in [0.15, 0.2) is 0 Å². The van der Waals surface area contributed by atoms with Crippen LogP contribution in [0.1, 0.15) is 58.1 Å². The molecule has 0 radical (unpaired) electrons. The van der Waals surface area contributed by atoms with Crippen molar-refractivity contribution in [3.8, 4) is 5.75 Å². The second-order valence-corrected chi connectivity index (χ2v) is 5.96. The van der Waals surface area contributed by atoms with Crippen molar-refractivity contribution in [2.24, 2.45) is 5.41 Å². The van der Waals surface area contributed by atoms with Crippen LogP contribution in [-0.4, -0.2) is 12.5 Å². The summed E-state index contributed by atoms with van der Waals surface area (Å²) in [5.41, 5.74) is 0.947. The summed E-state index contributed by atoms with van der Waals surface area (Å²) >= 11 is 0. The third-order valence-electron chi connectivity index (χ3n) is 4.29. The molecular weight excluding hydrogens is 250 g/mol. The van der Waals surface area contributed by atoms with Gasteiger partial charge in [-0.2, -0.15) is 0 Å². The molecule has 2 rings (SSSR count). The lowest BCUT2D eigenvalue weighted by Crippen LogP contribution is -2.38. The first-order valence-electron chi connectivity index (χ1n) is 7.59. The number of hydrogen-bond acceptors (Lipinski definition) is 2. The Balaban J connectivity index is 1.97. The molecule has 20 heavy (non-hydrogen) atoms. The van der Waals surface area contributed by atoms with E-state index in [9.17, 15) is 4.79 Å². The molecule has 1 saturated carbocycles. The first kappa shape index (κ1) is 14.9. The molecule has 1 aliphatic rings. The van der Waals surface area contributed by atoms with Gasteiger partial charge in [0.1, 0.15) is 5.75 Å². The Morgan fingerprint density at radius 3 is 2.45 bits per heavy atom. The SMILES string of the molecule is CCOc1ccc(C(C)NC(=O)C2(C)CCCC2)cc1. The summed E-state index contributed by atoms with van der Waals surface area (Å²) in [5.74, 6) is 1.06. The average Bonchev–Trinajstić information content (AvgIpc) is 2.88. The van der Waals surface area contributed by atoms with Crippen LogP contribution < -0.4 is 10.1 Å². The lowest BCUT2D eigenvalue weighted by Gasteiger charge is -2.25. The van der Waals surface area contributed by atoms with Crippen LogP contribution in [0.3, 0.4) is 0 Å². The van der Waals surface area contributed by atoms with E-state index in [1.165, 1.54) is 12.8 Å². The van der Waals surface area contributed by atoms with Gasteiger partial charge >= 0.3 is 0 Å². The molecule has 0 aliphatic heterocycles. The van der Waals surface area contributed by atoms with Crippen molar-refractivity contribution >= 4 is 5.91 Å². The molecule has 0 bridgehead atoms. The number of amides is 1. The molecular formula is C17H25NO2. The van der Waals surface area contributed by atoms with Crippen molar-refractivity contribution in [2.45, 2.75) is 52.5 Å². The fraction of sp³-hybridized carbons (Fsp3) is 0.588. The molecule has 110 valence electrons. The zero-order chi connectivity index (χ0) is 14.6. The number of carbonyl (C=O) groups is 1. The largest absolute Gasteiger partial charge is 0.494 e. The Labute approximate surface area is 121 Å². The maximum absolute atomic E-state index is 12.4. The second-order valence-electron chi connectivity index (χ2n) is 5.96. The minimum Gasteiger partial charge on any atom is -0.494 e. The molecule has 0 heterocycles. The lowest BCUT2D eigenvalue weighted by molar-refractivity contribution is -0.130. The van der Waals surface area contributed by atoms with E-state index in [0.29, 0.717) is 6.61 Å². The first-order valence-corrected chi connectivity index (χ1v) is 7.59.